The Labute approximate surface area is 125 Å². The van der Waals surface area contributed by atoms with E-state index >= 15 is 0 Å². The molecule has 0 bridgehead atoms. The van der Waals surface area contributed by atoms with Crippen LogP contribution in [0.15, 0.2) is 24.3 Å². The minimum Gasteiger partial charge on any atom is -0.393 e. The largest absolute Gasteiger partial charge is 0.393 e. The molecule has 0 unspecified atom stereocenters. The van der Waals surface area contributed by atoms with Gasteiger partial charge in [0.05, 0.1) is 6.10 Å². The van der Waals surface area contributed by atoms with Crippen LogP contribution in [0.5, 0.6) is 0 Å². The second-order valence-electron chi connectivity index (χ2n) is 5.51. The zero-order chi connectivity index (χ0) is 14.4. The number of aliphatic hydroxyl groups excluding tert-OH is 1. The highest BCUT2D eigenvalue weighted by molar-refractivity contribution is 7.97. The van der Waals surface area contributed by atoms with Crippen LogP contribution in [0.4, 0.5) is 0 Å². The van der Waals surface area contributed by atoms with Gasteiger partial charge < -0.3 is 10.4 Å². The molecule has 2 N–H and O–H groups in total. The first-order chi connectivity index (χ1) is 9.69. The Hall–Kier alpha value is -1.00. The Balaban J connectivity index is 1.79. The molecule has 3 nitrogen and oxygen atoms in total. The first kappa shape index (κ1) is 15.4. The molecule has 0 spiro atoms. The summed E-state index contributed by atoms with van der Waals surface area (Å²) in [6.45, 7) is 0.720. The van der Waals surface area contributed by atoms with Crippen molar-refractivity contribution < 1.29 is 9.90 Å². The monoisotopic (exact) mass is 293 g/mol. The fraction of sp³-hybridized carbons (Fsp3) is 0.562. The van der Waals surface area contributed by atoms with Gasteiger partial charge in [-0.2, -0.15) is 11.8 Å². The molecule has 110 valence electrons. The molecule has 0 aliphatic heterocycles. The Bertz CT molecular complexity index is 425. The van der Waals surface area contributed by atoms with Crippen LogP contribution in [-0.2, 0) is 5.75 Å². The van der Waals surface area contributed by atoms with Crippen molar-refractivity contribution in [2.75, 3.05) is 12.8 Å². The summed E-state index contributed by atoms with van der Waals surface area (Å²) < 4.78 is 0. The van der Waals surface area contributed by atoms with Crippen molar-refractivity contribution in [3.63, 3.8) is 0 Å². The van der Waals surface area contributed by atoms with Gasteiger partial charge in [-0.1, -0.05) is 12.1 Å². The second-order valence-corrected chi connectivity index (χ2v) is 6.38. The topological polar surface area (TPSA) is 49.3 Å². The lowest BCUT2D eigenvalue weighted by molar-refractivity contribution is 0.0910. The molecule has 0 heterocycles. The van der Waals surface area contributed by atoms with Gasteiger partial charge in [0.1, 0.15) is 0 Å². The number of amides is 1. The van der Waals surface area contributed by atoms with Crippen LogP contribution in [0.1, 0.15) is 41.6 Å². The number of nitrogens with one attached hydrogen (secondary N) is 1. The van der Waals surface area contributed by atoms with Gasteiger partial charge in [0.2, 0.25) is 0 Å². The molecule has 0 radical (unpaired) electrons. The van der Waals surface area contributed by atoms with Crippen molar-refractivity contribution in [3.8, 4) is 0 Å². The van der Waals surface area contributed by atoms with Gasteiger partial charge in [0.15, 0.2) is 0 Å². The van der Waals surface area contributed by atoms with Crippen molar-refractivity contribution in [1.82, 2.24) is 5.32 Å². The summed E-state index contributed by atoms with van der Waals surface area (Å²) in [4.78, 5) is 12.1. The average Bonchev–Trinajstić information content (AvgIpc) is 2.47. The number of rotatable bonds is 5. The number of carbonyl (C=O) groups is 1. The Kier molecular flexibility index (Phi) is 5.92. The van der Waals surface area contributed by atoms with Crippen LogP contribution in [0, 0.1) is 5.92 Å². The number of hydrogen-bond acceptors (Lipinski definition) is 3. The fourth-order valence-corrected chi connectivity index (χ4v) is 3.13. The van der Waals surface area contributed by atoms with Gasteiger partial charge in [-0.05, 0) is 55.6 Å². The lowest BCUT2D eigenvalue weighted by Crippen LogP contribution is -2.32. The van der Waals surface area contributed by atoms with Crippen LogP contribution in [0.25, 0.3) is 0 Å². The third-order valence-corrected chi connectivity index (χ3v) is 4.52. The van der Waals surface area contributed by atoms with Crippen molar-refractivity contribution in [1.29, 1.82) is 0 Å². The number of hydrogen-bond donors (Lipinski definition) is 2. The van der Waals surface area contributed by atoms with E-state index in [0.717, 1.165) is 43.5 Å². The predicted molar refractivity (Wildman–Crippen MR) is 84.0 cm³/mol. The van der Waals surface area contributed by atoms with Crippen molar-refractivity contribution in [2.24, 2.45) is 5.92 Å². The Morgan fingerprint density at radius 1 is 1.25 bits per heavy atom. The summed E-state index contributed by atoms with van der Waals surface area (Å²) >= 11 is 1.78. The summed E-state index contributed by atoms with van der Waals surface area (Å²) in [6, 6.07) is 7.82. The van der Waals surface area contributed by atoms with Gasteiger partial charge in [-0.15, -0.1) is 0 Å². The summed E-state index contributed by atoms with van der Waals surface area (Å²) in [5, 5.41) is 12.5. The van der Waals surface area contributed by atoms with Crippen LogP contribution >= 0.6 is 11.8 Å². The molecular formula is C16H23NO2S. The van der Waals surface area contributed by atoms with E-state index in [9.17, 15) is 9.90 Å². The molecule has 0 aromatic heterocycles. The quantitative estimate of drug-likeness (QED) is 0.877. The van der Waals surface area contributed by atoms with E-state index in [2.05, 4.69) is 11.6 Å². The Morgan fingerprint density at radius 3 is 2.50 bits per heavy atom. The fourth-order valence-electron chi connectivity index (χ4n) is 2.61. The second kappa shape index (κ2) is 7.70. The maximum atomic E-state index is 12.1. The average molecular weight is 293 g/mol. The highest BCUT2D eigenvalue weighted by atomic mass is 32.2. The molecule has 1 saturated carbocycles. The lowest BCUT2D eigenvalue weighted by Gasteiger charge is -2.25. The molecule has 2 rings (SSSR count). The first-order valence-corrected chi connectivity index (χ1v) is 8.62. The minimum absolute atomic E-state index is 0.00632. The zero-order valence-electron chi connectivity index (χ0n) is 12.0. The van der Waals surface area contributed by atoms with Gasteiger partial charge in [0.25, 0.3) is 5.91 Å². The molecule has 0 atom stereocenters. The summed E-state index contributed by atoms with van der Waals surface area (Å²) in [5.74, 6) is 1.50. The van der Waals surface area contributed by atoms with E-state index in [-0.39, 0.29) is 12.0 Å². The van der Waals surface area contributed by atoms with Crippen molar-refractivity contribution in [3.05, 3.63) is 35.4 Å². The van der Waals surface area contributed by atoms with Gasteiger partial charge in [0, 0.05) is 17.9 Å². The molecule has 1 aromatic rings. The number of carbonyl (C=O) groups excluding carboxylic acids is 1. The molecule has 4 heteroatoms. The minimum atomic E-state index is -0.133. The van der Waals surface area contributed by atoms with Crippen LogP contribution < -0.4 is 5.32 Å². The normalized spacial score (nSPS) is 22.5. The number of thioether (sulfide) groups is 1. The van der Waals surface area contributed by atoms with E-state index < -0.39 is 0 Å². The highest BCUT2D eigenvalue weighted by Gasteiger charge is 2.19. The smallest absolute Gasteiger partial charge is 0.251 e. The molecule has 1 aliphatic carbocycles. The maximum Gasteiger partial charge on any atom is 0.251 e. The summed E-state index contributed by atoms with van der Waals surface area (Å²) in [7, 11) is 0. The Morgan fingerprint density at radius 2 is 1.90 bits per heavy atom. The van der Waals surface area contributed by atoms with Crippen molar-refractivity contribution >= 4 is 17.7 Å². The summed E-state index contributed by atoms with van der Waals surface area (Å²) in [5.41, 5.74) is 1.97. The standard InChI is InChI=1S/C16H23NO2S/c1-20-11-13-2-6-14(7-3-13)16(19)17-10-12-4-8-15(18)9-5-12/h2-3,6-7,12,15,18H,4-5,8-11H2,1H3,(H,17,19). The number of aliphatic hydroxyl groups is 1. The molecule has 1 fully saturated rings. The first-order valence-electron chi connectivity index (χ1n) is 7.23. The third-order valence-electron chi connectivity index (χ3n) is 3.89. The molecule has 20 heavy (non-hydrogen) atoms. The molecular weight excluding hydrogens is 270 g/mol. The SMILES string of the molecule is CSCc1ccc(C(=O)NCC2CCC(O)CC2)cc1. The highest BCUT2D eigenvalue weighted by Crippen LogP contribution is 2.23. The van der Waals surface area contributed by atoms with E-state index in [1.54, 1.807) is 11.8 Å². The lowest BCUT2D eigenvalue weighted by atomic mass is 9.87. The van der Waals surface area contributed by atoms with E-state index in [1.807, 2.05) is 24.3 Å². The molecule has 1 aliphatic rings. The van der Waals surface area contributed by atoms with Crippen molar-refractivity contribution in [2.45, 2.75) is 37.5 Å². The van der Waals surface area contributed by atoms with Crippen LogP contribution in [0.2, 0.25) is 0 Å². The summed E-state index contributed by atoms with van der Waals surface area (Å²) in [6.07, 6.45) is 5.68. The van der Waals surface area contributed by atoms with Crippen LogP contribution in [-0.4, -0.2) is 29.9 Å². The van der Waals surface area contributed by atoms with Gasteiger partial charge >= 0.3 is 0 Å². The van der Waals surface area contributed by atoms with E-state index in [0.29, 0.717) is 5.92 Å². The van der Waals surface area contributed by atoms with Crippen LogP contribution in [0.3, 0.4) is 0 Å². The van der Waals surface area contributed by atoms with Gasteiger partial charge in [-0.25, -0.2) is 0 Å². The number of benzene rings is 1. The van der Waals surface area contributed by atoms with E-state index in [4.69, 9.17) is 0 Å². The molecule has 1 aromatic carbocycles. The zero-order valence-corrected chi connectivity index (χ0v) is 12.8. The molecule has 1 amide bonds. The van der Waals surface area contributed by atoms with E-state index in [1.165, 1.54) is 5.56 Å². The predicted octanol–water partition coefficient (Wildman–Crippen LogP) is 2.83. The third kappa shape index (κ3) is 4.53. The molecule has 0 saturated heterocycles. The van der Waals surface area contributed by atoms with Gasteiger partial charge in [-0.3, -0.25) is 4.79 Å². The maximum absolute atomic E-state index is 12.1.